The molecule has 0 saturated heterocycles. The molecule has 0 unspecified atom stereocenters. The van der Waals surface area contributed by atoms with Crippen LogP contribution in [0.4, 0.5) is 80.7 Å². The summed E-state index contributed by atoms with van der Waals surface area (Å²) < 4.78 is 142. The van der Waals surface area contributed by atoms with E-state index >= 15 is 0 Å². The maximum Gasteiger partial charge on any atom is 0.337 e. The second kappa shape index (κ2) is 26.7. The lowest BCUT2D eigenvalue weighted by atomic mass is 10.1. The Labute approximate surface area is 555 Å². The van der Waals surface area contributed by atoms with Crippen LogP contribution in [-0.4, -0.2) is 136 Å². The monoisotopic (exact) mass is 1460 g/mol. The van der Waals surface area contributed by atoms with Crippen LogP contribution in [0.15, 0.2) is 172 Å². The molecule has 8 aromatic carbocycles. The van der Waals surface area contributed by atoms with Gasteiger partial charge in [-0.25, -0.2) is 19.2 Å². The SMILES string of the molecule is O=C(O)c1cc(N=Nc2cc(Nc3nc(Cl)nc(Nc4cc(S(=O)(=O)O)cc5cc(S(=O)(=O)O)c(N=Nc6ccccc6C(=O)O)c(O)c45)n3)cc(C(=O)O)c2)cc(Nc2nc(Cl)nc(Nc3cc(S(=O)(=O)O)cc4cc(S(=O)(=O)O)c(N=Nc5ccccc5C(=O)O)c(O)c34)n2)c1. The molecule has 0 aliphatic rings. The fourth-order valence-electron chi connectivity index (χ4n) is 8.96. The molecule has 98 heavy (non-hydrogen) atoms. The van der Waals surface area contributed by atoms with Crippen LogP contribution in [-0.2, 0) is 40.5 Å². The molecular formula is C54H34Cl2N16O22S4. The largest absolute Gasteiger partial charge is 0.505 e. The maximum absolute atomic E-state index is 12.7. The zero-order valence-corrected chi connectivity index (χ0v) is 52.5. The smallest absolute Gasteiger partial charge is 0.337 e. The average molecular weight is 1460 g/mol. The number of carbonyl (C=O) groups is 4. The van der Waals surface area contributed by atoms with Gasteiger partial charge < -0.3 is 51.9 Å². The maximum atomic E-state index is 12.7. The number of carboxylic acid groups (broad SMARTS) is 4. The molecule has 0 spiro atoms. The summed E-state index contributed by atoms with van der Waals surface area (Å²) in [5, 5.41) is 93.2. The summed E-state index contributed by atoms with van der Waals surface area (Å²) in [7, 11) is -21.1. The summed E-state index contributed by atoms with van der Waals surface area (Å²) in [4.78, 5) is 68.6. The lowest BCUT2D eigenvalue weighted by molar-refractivity contribution is 0.0686. The number of halogens is 2. The van der Waals surface area contributed by atoms with Crippen molar-refractivity contribution in [3.8, 4) is 11.5 Å². The molecule has 0 saturated carbocycles. The van der Waals surface area contributed by atoms with Crippen molar-refractivity contribution < 1.29 is 102 Å². The van der Waals surface area contributed by atoms with Crippen LogP contribution in [0.3, 0.4) is 0 Å². The van der Waals surface area contributed by atoms with Gasteiger partial charge in [-0.2, -0.15) is 73.8 Å². The minimum atomic E-state index is -5.37. The topological polar surface area (TPSA) is 607 Å². The number of nitrogens with zero attached hydrogens (tertiary/aromatic N) is 12. The van der Waals surface area contributed by atoms with Crippen LogP contribution in [0.1, 0.15) is 41.4 Å². The quantitative estimate of drug-likeness (QED) is 0.0221. The molecule has 2 aromatic heterocycles. The molecule has 0 bridgehead atoms. The molecule has 44 heteroatoms. The Morgan fingerprint density at radius 3 is 1.06 bits per heavy atom. The van der Waals surface area contributed by atoms with E-state index in [9.17, 15) is 102 Å². The Morgan fingerprint density at radius 2 is 0.735 bits per heavy atom. The minimum absolute atomic E-state index is 0.167. The van der Waals surface area contributed by atoms with Gasteiger partial charge in [0.2, 0.25) is 34.4 Å². The highest BCUT2D eigenvalue weighted by Crippen LogP contribution is 2.48. The normalized spacial score (nSPS) is 12.2. The van der Waals surface area contributed by atoms with Gasteiger partial charge in [-0.05, 0) is 131 Å². The van der Waals surface area contributed by atoms with Gasteiger partial charge >= 0.3 is 23.9 Å². The van der Waals surface area contributed by atoms with E-state index in [1.165, 1.54) is 48.5 Å². The summed E-state index contributed by atoms with van der Waals surface area (Å²) >= 11 is 12.6. The second-order valence-corrected chi connectivity index (χ2v) is 25.9. The van der Waals surface area contributed by atoms with E-state index in [4.69, 9.17) is 23.2 Å². The molecule has 0 amide bonds. The van der Waals surface area contributed by atoms with E-state index in [0.717, 1.165) is 48.5 Å². The molecule has 0 radical (unpaired) electrons. The van der Waals surface area contributed by atoms with E-state index in [1.54, 1.807) is 0 Å². The second-order valence-electron chi connectivity index (χ2n) is 19.6. The van der Waals surface area contributed by atoms with Crippen molar-refractivity contribution in [1.29, 1.82) is 0 Å². The van der Waals surface area contributed by atoms with Crippen molar-refractivity contribution in [3.63, 3.8) is 0 Å². The number of hydrogen-bond acceptors (Lipinski definition) is 30. The van der Waals surface area contributed by atoms with E-state index < -0.39 is 196 Å². The Balaban J connectivity index is 0.963. The number of phenolic OH excluding ortho intramolecular Hbond substituents is 2. The molecule has 2 heterocycles. The molecule has 10 rings (SSSR count). The van der Waals surface area contributed by atoms with Crippen LogP contribution >= 0.6 is 23.2 Å². The third-order valence-electron chi connectivity index (χ3n) is 13.0. The number of aromatic nitrogens is 6. The van der Waals surface area contributed by atoms with E-state index in [1.807, 2.05) is 0 Å². The van der Waals surface area contributed by atoms with Crippen LogP contribution in [0, 0.1) is 0 Å². The van der Waals surface area contributed by atoms with Crippen LogP contribution in [0.2, 0.25) is 10.6 Å². The predicted molar refractivity (Wildman–Crippen MR) is 339 cm³/mol. The van der Waals surface area contributed by atoms with Gasteiger partial charge in [0.15, 0.2) is 11.5 Å². The summed E-state index contributed by atoms with van der Waals surface area (Å²) in [6, 6.07) is 20.6. The molecule has 0 fully saturated rings. The molecule has 38 nitrogen and oxygen atoms in total. The van der Waals surface area contributed by atoms with Crippen molar-refractivity contribution in [1.82, 2.24) is 29.9 Å². The van der Waals surface area contributed by atoms with Crippen molar-refractivity contribution in [3.05, 3.63) is 154 Å². The first-order valence-corrected chi connectivity index (χ1v) is 32.6. The number of aromatic hydroxyl groups is 2. The van der Waals surface area contributed by atoms with Gasteiger partial charge in [-0.1, -0.05) is 24.3 Å². The molecule has 0 atom stereocenters. The van der Waals surface area contributed by atoms with Crippen molar-refractivity contribution in [2.75, 3.05) is 21.3 Å². The first-order valence-electron chi connectivity index (χ1n) is 26.1. The summed E-state index contributed by atoms with van der Waals surface area (Å²) in [5.74, 6) is -10.5. The molecule has 0 aliphatic heterocycles. The number of rotatable bonds is 22. The van der Waals surface area contributed by atoms with Gasteiger partial charge in [0, 0.05) is 22.1 Å². The first-order chi connectivity index (χ1) is 46.0. The van der Waals surface area contributed by atoms with Gasteiger partial charge in [-0.3, -0.25) is 18.2 Å². The van der Waals surface area contributed by atoms with Crippen LogP contribution < -0.4 is 21.3 Å². The molecule has 0 aliphatic carbocycles. The zero-order valence-electron chi connectivity index (χ0n) is 47.7. The minimum Gasteiger partial charge on any atom is -0.505 e. The lowest BCUT2D eigenvalue weighted by Gasteiger charge is -2.15. The van der Waals surface area contributed by atoms with Gasteiger partial charge in [0.1, 0.15) is 32.5 Å². The number of benzene rings is 8. The Hall–Kier alpha value is -12.0. The van der Waals surface area contributed by atoms with Crippen LogP contribution in [0.5, 0.6) is 11.5 Å². The Bertz CT molecular complexity index is 5360. The highest BCUT2D eigenvalue weighted by Gasteiger charge is 2.29. The summed E-state index contributed by atoms with van der Waals surface area (Å²) in [6.07, 6.45) is 0. The zero-order chi connectivity index (χ0) is 71.1. The Kier molecular flexibility index (Phi) is 18.7. The number of nitrogens with one attached hydrogen (secondary N) is 4. The van der Waals surface area contributed by atoms with Crippen LogP contribution in [0.25, 0.3) is 21.5 Å². The van der Waals surface area contributed by atoms with E-state index in [2.05, 4.69) is 81.9 Å². The number of fused-ring (bicyclic) bond motifs is 2. The van der Waals surface area contributed by atoms with E-state index in [0.29, 0.717) is 24.3 Å². The first kappa shape index (κ1) is 68.8. The third kappa shape index (κ3) is 15.5. The third-order valence-corrected chi connectivity index (χ3v) is 16.7. The molecule has 14 N–H and O–H groups in total. The van der Waals surface area contributed by atoms with Crippen molar-refractivity contribution >= 4 is 190 Å². The summed E-state index contributed by atoms with van der Waals surface area (Å²) in [6.45, 7) is 0. The number of hydrogen-bond donors (Lipinski definition) is 14. The number of phenols is 2. The lowest BCUT2D eigenvalue weighted by Crippen LogP contribution is -2.07. The number of anilines is 8. The standard InChI is InChI=1S/C54H34Cl2N16O22S4/c55-49-61-51(65-53(63-49)59-35-19-29(95(83,84)85)13-21-15-37(97(89,90)91)41(43(73)39(21)35)71-69-33-7-3-1-5-31(33)47(79)80)57-25-9-23(45(75)76)11-27(17-25)67-68-28-12-24(46(77)78)10-26(18-28)58-52-62-50(56)64-54(66-52)60-36-20-30(96(86,87)88)14-22-16-38(98(92,93)94)42(44(74)40(22)36)72-70-34-8-4-2-6-32(34)48(81)82/h1-20,73-74H,(H,75,76)(H,77,78)(H,79,80)(H,81,82)(H,83,84,85)(H,86,87,88)(H,89,90,91)(H,92,93,94)(H2,57,59,61,63,65)(H2,58,60,62,64,66). The molecular weight excluding hydrogens is 1420 g/mol. The van der Waals surface area contributed by atoms with Gasteiger partial charge in [0.25, 0.3) is 40.5 Å². The average Bonchev–Trinajstić information content (AvgIpc) is 0.752. The molecule has 500 valence electrons. The highest BCUT2D eigenvalue weighted by molar-refractivity contribution is 7.86. The van der Waals surface area contributed by atoms with Gasteiger partial charge in [0.05, 0.1) is 54.8 Å². The highest BCUT2D eigenvalue weighted by atomic mass is 35.5. The predicted octanol–water partition coefficient (Wildman–Crippen LogP) is 11.1. The summed E-state index contributed by atoms with van der Waals surface area (Å²) in [5.41, 5.74) is -6.35. The fraction of sp³-hybridized carbons (Fsp3) is 0. The Morgan fingerprint density at radius 1 is 0.388 bits per heavy atom. The number of aromatic carboxylic acids is 4. The van der Waals surface area contributed by atoms with Gasteiger partial charge in [-0.15, -0.1) is 20.5 Å². The number of azo groups is 3. The molecule has 10 aromatic rings. The fourth-order valence-corrected chi connectivity index (χ4v) is 11.7. The van der Waals surface area contributed by atoms with Crippen molar-refractivity contribution in [2.24, 2.45) is 30.7 Å². The van der Waals surface area contributed by atoms with E-state index in [-0.39, 0.29) is 34.1 Å². The van der Waals surface area contributed by atoms with Crippen molar-refractivity contribution in [2.45, 2.75) is 19.6 Å². The number of carboxylic acids is 4.